The monoisotopic (exact) mass is 423 g/mol. The molecule has 0 radical (unpaired) electrons. The topological polar surface area (TPSA) is 46.8 Å². The van der Waals surface area contributed by atoms with E-state index in [1.54, 1.807) is 0 Å². The maximum Gasteiger partial charge on any atom is 0.135 e. The molecule has 0 aliphatic heterocycles. The molecule has 0 atom stereocenters. The molecule has 3 heterocycles. The third-order valence-corrected chi connectivity index (χ3v) is 6.41. The van der Waals surface area contributed by atoms with E-state index >= 15 is 0 Å². The molecule has 0 aliphatic rings. The van der Waals surface area contributed by atoms with Gasteiger partial charge in [0.05, 0.1) is 22.7 Å². The Hall–Kier alpha value is -4.75. The molecule has 0 fully saturated rings. The van der Waals surface area contributed by atoms with E-state index in [9.17, 15) is 5.26 Å². The van der Waals surface area contributed by atoms with Crippen molar-refractivity contribution < 1.29 is 4.42 Å². The second-order valence-corrected chi connectivity index (χ2v) is 8.28. The Labute approximate surface area is 189 Å². The molecule has 3 aromatic heterocycles. The van der Waals surface area contributed by atoms with E-state index in [0.717, 1.165) is 44.2 Å². The lowest BCUT2D eigenvalue weighted by atomic mass is 10.1. The fourth-order valence-electron chi connectivity index (χ4n) is 4.80. The standard InChI is InChI=1S/C29H17N3O/c30-18-19-5-8-27-21(15-19)12-14-32(27)23-7-10-29-25(17-23)24-16-22(6-9-28(24)33-29)31-13-11-20-3-1-2-4-26(20)31/h1-17H. The molecule has 4 nitrogen and oxygen atoms in total. The molecule has 33 heavy (non-hydrogen) atoms. The van der Waals surface area contributed by atoms with Crippen LogP contribution in [0.2, 0.25) is 0 Å². The Morgan fingerprint density at radius 2 is 1.24 bits per heavy atom. The zero-order chi connectivity index (χ0) is 21.9. The summed E-state index contributed by atoms with van der Waals surface area (Å²) in [4.78, 5) is 0. The highest BCUT2D eigenvalue weighted by Gasteiger charge is 2.12. The minimum Gasteiger partial charge on any atom is -0.456 e. The fraction of sp³-hybridized carbons (Fsp3) is 0. The van der Waals surface area contributed by atoms with E-state index < -0.39 is 0 Å². The molecule has 0 bridgehead atoms. The number of hydrogen-bond acceptors (Lipinski definition) is 2. The molecule has 0 saturated carbocycles. The average molecular weight is 423 g/mol. The molecule has 4 aromatic carbocycles. The summed E-state index contributed by atoms with van der Waals surface area (Å²) in [5.41, 5.74) is 6.82. The predicted molar refractivity (Wildman–Crippen MR) is 132 cm³/mol. The number of fused-ring (bicyclic) bond motifs is 5. The summed E-state index contributed by atoms with van der Waals surface area (Å²) in [6.45, 7) is 0. The van der Waals surface area contributed by atoms with E-state index in [-0.39, 0.29) is 0 Å². The first-order valence-electron chi connectivity index (χ1n) is 10.8. The Bertz CT molecular complexity index is 1890. The third kappa shape index (κ3) is 2.63. The van der Waals surface area contributed by atoms with Crippen LogP contribution in [0.25, 0.3) is 55.1 Å². The van der Waals surface area contributed by atoms with Gasteiger partial charge in [0.15, 0.2) is 0 Å². The molecule has 7 rings (SSSR count). The minimum atomic E-state index is 0.668. The Balaban J connectivity index is 1.42. The Morgan fingerprint density at radius 3 is 1.94 bits per heavy atom. The molecule has 154 valence electrons. The van der Waals surface area contributed by atoms with Crippen LogP contribution in [0.1, 0.15) is 5.56 Å². The van der Waals surface area contributed by atoms with Crippen molar-refractivity contribution >= 4 is 43.7 Å². The summed E-state index contributed by atoms with van der Waals surface area (Å²) in [5.74, 6) is 0. The number of hydrogen-bond donors (Lipinski definition) is 0. The van der Waals surface area contributed by atoms with Gasteiger partial charge in [-0.15, -0.1) is 0 Å². The van der Waals surface area contributed by atoms with Crippen molar-refractivity contribution in [1.82, 2.24) is 9.13 Å². The molecule has 0 saturated heterocycles. The fourth-order valence-corrected chi connectivity index (χ4v) is 4.80. The summed E-state index contributed by atoms with van der Waals surface area (Å²) in [7, 11) is 0. The summed E-state index contributed by atoms with van der Waals surface area (Å²) in [6.07, 6.45) is 4.16. The zero-order valence-corrected chi connectivity index (χ0v) is 17.6. The van der Waals surface area contributed by atoms with Gasteiger partial charge in [-0.05, 0) is 78.2 Å². The van der Waals surface area contributed by atoms with Crippen molar-refractivity contribution in [3.8, 4) is 17.4 Å². The van der Waals surface area contributed by atoms with Crippen molar-refractivity contribution in [2.45, 2.75) is 0 Å². The first-order valence-corrected chi connectivity index (χ1v) is 10.8. The maximum atomic E-state index is 9.20. The van der Waals surface area contributed by atoms with Crippen LogP contribution < -0.4 is 0 Å². The second kappa shape index (κ2) is 6.62. The van der Waals surface area contributed by atoms with Crippen molar-refractivity contribution in [2.75, 3.05) is 0 Å². The normalized spacial score (nSPS) is 11.6. The average Bonchev–Trinajstić information content (AvgIpc) is 3.57. The van der Waals surface area contributed by atoms with Crippen LogP contribution in [-0.2, 0) is 0 Å². The highest BCUT2D eigenvalue weighted by Crippen LogP contribution is 2.33. The van der Waals surface area contributed by atoms with Gasteiger partial charge in [-0.3, -0.25) is 0 Å². The summed E-state index contributed by atoms with van der Waals surface area (Å²) < 4.78 is 10.5. The SMILES string of the molecule is N#Cc1ccc2c(ccn2-c2ccc3oc4ccc(-n5ccc6ccccc65)cc4c3c2)c1. The largest absolute Gasteiger partial charge is 0.456 e. The molecule has 0 aliphatic carbocycles. The number of rotatable bonds is 2. The molecule has 0 spiro atoms. The smallest absolute Gasteiger partial charge is 0.135 e. The highest BCUT2D eigenvalue weighted by atomic mass is 16.3. The molecule has 0 N–H and O–H groups in total. The van der Waals surface area contributed by atoms with Gasteiger partial charge in [-0.1, -0.05) is 18.2 Å². The van der Waals surface area contributed by atoms with Gasteiger partial charge in [0.1, 0.15) is 11.2 Å². The van der Waals surface area contributed by atoms with Gasteiger partial charge in [0, 0.05) is 39.9 Å². The lowest BCUT2D eigenvalue weighted by molar-refractivity contribution is 0.669. The van der Waals surface area contributed by atoms with Crippen LogP contribution >= 0.6 is 0 Å². The molecule has 0 unspecified atom stereocenters. The summed E-state index contributed by atoms with van der Waals surface area (Å²) in [6, 6.07) is 33.2. The number of furan rings is 1. The van der Waals surface area contributed by atoms with E-state index in [1.807, 2.05) is 42.6 Å². The lowest BCUT2D eigenvalue weighted by Gasteiger charge is -2.07. The number of aromatic nitrogens is 2. The molecule has 0 amide bonds. The Morgan fingerprint density at radius 1 is 0.606 bits per heavy atom. The number of benzene rings is 4. The van der Waals surface area contributed by atoms with Crippen molar-refractivity contribution in [3.63, 3.8) is 0 Å². The van der Waals surface area contributed by atoms with Crippen LogP contribution in [0, 0.1) is 11.3 Å². The predicted octanol–water partition coefficient (Wildman–Crippen LogP) is 7.35. The van der Waals surface area contributed by atoms with Gasteiger partial charge in [0.25, 0.3) is 0 Å². The van der Waals surface area contributed by atoms with Crippen molar-refractivity contribution in [2.24, 2.45) is 0 Å². The molecule has 4 heteroatoms. The van der Waals surface area contributed by atoms with Crippen LogP contribution in [0.15, 0.2) is 108 Å². The zero-order valence-electron chi connectivity index (χ0n) is 17.6. The van der Waals surface area contributed by atoms with E-state index in [4.69, 9.17) is 4.42 Å². The van der Waals surface area contributed by atoms with Crippen LogP contribution in [0.3, 0.4) is 0 Å². The second-order valence-electron chi connectivity index (χ2n) is 8.28. The van der Waals surface area contributed by atoms with E-state index in [2.05, 4.69) is 76.0 Å². The molecular formula is C29H17N3O. The first kappa shape index (κ1) is 17.9. The first-order chi connectivity index (χ1) is 16.3. The van der Waals surface area contributed by atoms with Crippen LogP contribution in [-0.4, -0.2) is 9.13 Å². The minimum absolute atomic E-state index is 0.668. The molecular weight excluding hydrogens is 406 g/mol. The van der Waals surface area contributed by atoms with Gasteiger partial charge in [-0.2, -0.15) is 5.26 Å². The molecule has 7 aromatic rings. The van der Waals surface area contributed by atoms with Gasteiger partial charge >= 0.3 is 0 Å². The quantitative estimate of drug-likeness (QED) is 0.292. The van der Waals surface area contributed by atoms with Crippen LogP contribution in [0.5, 0.6) is 0 Å². The lowest BCUT2D eigenvalue weighted by Crippen LogP contribution is -1.92. The van der Waals surface area contributed by atoms with Crippen molar-refractivity contribution in [1.29, 1.82) is 5.26 Å². The third-order valence-electron chi connectivity index (χ3n) is 6.41. The highest BCUT2D eigenvalue weighted by molar-refractivity contribution is 6.06. The number of nitrogens with zero attached hydrogens (tertiary/aromatic N) is 3. The van der Waals surface area contributed by atoms with E-state index in [1.165, 1.54) is 10.9 Å². The van der Waals surface area contributed by atoms with E-state index in [0.29, 0.717) is 5.56 Å². The van der Waals surface area contributed by atoms with Gasteiger partial charge in [0.2, 0.25) is 0 Å². The van der Waals surface area contributed by atoms with Crippen LogP contribution in [0.4, 0.5) is 0 Å². The maximum absolute atomic E-state index is 9.20. The number of para-hydroxylation sites is 1. The van der Waals surface area contributed by atoms with Gasteiger partial charge in [-0.25, -0.2) is 0 Å². The Kier molecular flexibility index (Phi) is 3.59. The summed E-state index contributed by atoms with van der Waals surface area (Å²) >= 11 is 0. The van der Waals surface area contributed by atoms with Crippen molar-refractivity contribution in [3.05, 3.63) is 109 Å². The van der Waals surface area contributed by atoms with Gasteiger partial charge < -0.3 is 13.6 Å². The number of nitriles is 1. The summed E-state index contributed by atoms with van der Waals surface area (Å²) in [5, 5.41) is 13.6.